The molecule has 0 fully saturated rings. The Kier molecular flexibility index (Phi) is 11.2. The van der Waals surface area contributed by atoms with E-state index in [0.29, 0.717) is 24.4 Å². The number of ether oxygens (including phenoxy) is 1. The average molecular weight is 518 g/mol. The normalized spacial score (nSPS) is 12.0. The van der Waals surface area contributed by atoms with Crippen LogP contribution in [0, 0.1) is 6.92 Å². The fraction of sp³-hybridized carbons (Fsp3) is 0.481. The van der Waals surface area contributed by atoms with Gasteiger partial charge in [0.15, 0.2) is 0 Å². The minimum atomic E-state index is -3.51. The number of anilines is 1. The number of carbonyl (C=O) groups is 2. The molecule has 198 valence electrons. The largest absolute Gasteiger partial charge is 0.497 e. The van der Waals surface area contributed by atoms with Crippen molar-refractivity contribution in [3.63, 3.8) is 0 Å². The topological polar surface area (TPSA) is 96.0 Å². The molecule has 0 saturated heterocycles. The lowest BCUT2D eigenvalue weighted by atomic mass is 10.1. The van der Waals surface area contributed by atoms with Crippen LogP contribution in [0.15, 0.2) is 48.5 Å². The number of nitrogens with one attached hydrogen (secondary N) is 1. The molecule has 0 saturated carbocycles. The van der Waals surface area contributed by atoms with Gasteiger partial charge in [-0.3, -0.25) is 13.9 Å². The van der Waals surface area contributed by atoms with Crippen molar-refractivity contribution in [2.24, 2.45) is 0 Å². The second-order valence-electron chi connectivity index (χ2n) is 8.96. The molecule has 0 aromatic heterocycles. The quantitative estimate of drug-likeness (QED) is 0.384. The summed E-state index contributed by atoms with van der Waals surface area (Å²) in [7, 11) is -1.93. The molecule has 0 aliphatic rings. The zero-order valence-electron chi connectivity index (χ0n) is 22.0. The zero-order valence-corrected chi connectivity index (χ0v) is 22.8. The first-order valence-electron chi connectivity index (χ1n) is 12.3. The third-order valence-corrected chi connectivity index (χ3v) is 7.18. The van der Waals surface area contributed by atoms with Crippen molar-refractivity contribution in [3.05, 3.63) is 59.7 Å². The summed E-state index contributed by atoms with van der Waals surface area (Å²) in [6.45, 7) is 6.69. The molecule has 1 atom stereocenters. The van der Waals surface area contributed by atoms with E-state index in [1.165, 1.54) is 4.31 Å². The van der Waals surface area contributed by atoms with Crippen molar-refractivity contribution in [3.8, 4) is 5.75 Å². The number of hydrogen-bond acceptors (Lipinski definition) is 5. The summed E-state index contributed by atoms with van der Waals surface area (Å²) in [5.74, 6) is 0.294. The smallest absolute Gasteiger partial charge is 0.242 e. The van der Waals surface area contributed by atoms with Gasteiger partial charge >= 0.3 is 0 Å². The number of sulfonamides is 1. The Labute approximate surface area is 215 Å². The lowest BCUT2D eigenvalue weighted by Crippen LogP contribution is -2.47. The van der Waals surface area contributed by atoms with Gasteiger partial charge in [-0.1, -0.05) is 43.2 Å². The Morgan fingerprint density at radius 1 is 1.03 bits per heavy atom. The highest BCUT2D eigenvalue weighted by molar-refractivity contribution is 7.92. The van der Waals surface area contributed by atoms with Crippen LogP contribution in [0.3, 0.4) is 0 Å². The van der Waals surface area contributed by atoms with Gasteiger partial charge in [0.05, 0.1) is 19.1 Å². The number of amides is 2. The summed E-state index contributed by atoms with van der Waals surface area (Å²) in [4.78, 5) is 27.6. The van der Waals surface area contributed by atoms with E-state index in [-0.39, 0.29) is 31.3 Å². The van der Waals surface area contributed by atoms with Crippen LogP contribution >= 0.6 is 0 Å². The van der Waals surface area contributed by atoms with Crippen LogP contribution in [-0.4, -0.2) is 57.6 Å². The first-order chi connectivity index (χ1) is 17.1. The number of hydrogen-bond donors (Lipinski definition) is 1. The van der Waals surface area contributed by atoms with Gasteiger partial charge in [-0.2, -0.15) is 0 Å². The van der Waals surface area contributed by atoms with Crippen LogP contribution in [-0.2, 0) is 26.2 Å². The van der Waals surface area contributed by atoms with Gasteiger partial charge in [0.1, 0.15) is 11.8 Å². The average Bonchev–Trinajstić information content (AvgIpc) is 2.85. The lowest BCUT2D eigenvalue weighted by Gasteiger charge is -2.29. The molecule has 1 N–H and O–H groups in total. The Hall–Kier alpha value is -3.07. The predicted molar refractivity (Wildman–Crippen MR) is 144 cm³/mol. The zero-order chi connectivity index (χ0) is 26.7. The van der Waals surface area contributed by atoms with E-state index in [2.05, 4.69) is 5.32 Å². The van der Waals surface area contributed by atoms with Crippen molar-refractivity contribution in [1.29, 1.82) is 0 Å². The minimum Gasteiger partial charge on any atom is -0.497 e. The van der Waals surface area contributed by atoms with Crippen molar-refractivity contribution < 1.29 is 22.7 Å². The fourth-order valence-corrected chi connectivity index (χ4v) is 4.73. The molecular weight excluding hydrogens is 478 g/mol. The molecule has 0 radical (unpaired) electrons. The molecule has 2 rings (SSSR count). The molecule has 0 aliphatic heterocycles. The standard InChI is InChI=1S/C27H39N3O5S/c1-6-7-18-28-27(32)22(3)29(20-23-12-16-25(35-4)17-13-23)26(31)9-8-19-30(36(5,33)34)24-14-10-21(2)11-15-24/h10-17,22H,6-9,18-20H2,1-5H3,(H,28,32). The van der Waals surface area contributed by atoms with Crippen LogP contribution in [0.4, 0.5) is 5.69 Å². The maximum atomic E-state index is 13.3. The van der Waals surface area contributed by atoms with E-state index >= 15 is 0 Å². The van der Waals surface area contributed by atoms with Gasteiger partial charge in [-0.05, 0) is 56.5 Å². The lowest BCUT2D eigenvalue weighted by molar-refractivity contribution is -0.140. The van der Waals surface area contributed by atoms with E-state index in [4.69, 9.17) is 4.74 Å². The SMILES string of the molecule is CCCCNC(=O)C(C)N(Cc1ccc(OC)cc1)C(=O)CCCN(c1ccc(C)cc1)S(C)(=O)=O. The van der Waals surface area contributed by atoms with E-state index in [1.807, 2.05) is 50.2 Å². The molecule has 2 aromatic rings. The molecule has 8 nitrogen and oxygen atoms in total. The van der Waals surface area contributed by atoms with Crippen LogP contribution in [0.5, 0.6) is 5.75 Å². The van der Waals surface area contributed by atoms with E-state index in [1.54, 1.807) is 31.1 Å². The molecule has 2 amide bonds. The second-order valence-corrected chi connectivity index (χ2v) is 10.9. The number of rotatable bonds is 14. The highest BCUT2D eigenvalue weighted by Gasteiger charge is 2.26. The number of aryl methyl sites for hydroxylation is 1. The molecule has 0 aliphatic carbocycles. The number of benzene rings is 2. The van der Waals surface area contributed by atoms with Crippen molar-refractivity contribution in [2.75, 3.05) is 30.8 Å². The number of carbonyl (C=O) groups excluding carboxylic acids is 2. The fourth-order valence-electron chi connectivity index (χ4n) is 3.76. The van der Waals surface area contributed by atoms with Crippen LogP contribution in [0.2, 0.25) is 0 Å². The third-order valence-electron chi connectivity index (χ3n) is 5.98. The van der Waals surface area contributed by atoms with Crippen LogP contribution in [0.1, 0.15) is 50.7 Å². The van der Waals surface area contributed by atoms with Gasteiger partial charge < -0.3 is 15.0 Å². The summed E-state index contributed by atoms with van der Waals surface area (Å²) in [5.41, 5.74) is 2.46. The van der Waals surface area contributed by atoms with Gasteiger partial charge in [0.25, 0.3) is 0 Å². The molecule has 9 heteroatoms. The first kappa shape index (κ1) is 29.2. The summed E-state index contributed by atoms with van der Waals surface area (Å²) in [5, 5.41) is 2.90. The third kappa shape index (κ3) is 8.86. The van der Waals surface area contributed by atoms with Crippen molar-refractivity contribution in [2.45, 2.75) is 59.0 Å². The highest BCUT2D eigenvalue weighted by atomic mass is 32.2. The van der Waals surface area contributed by atoms with Gasteiger partial charge in [0.2, 0.25) is 21.8 Å². The Bertz CT molecular complexity index is 1090. The van der Waals surface area contributed by atoms with Crippen LogP contribution in [0.25, 0.3) is 0 Å². The Morgan fingerprint density at radius 3 is 2.22 bits per heavy atom. The molecular formula is C27H39N3O5S. The molecule has 0 bridgehead atoms. The first-order valence-corrected chi connectivity index (χ1v) is 14.2. The molecule has 2 aromatic carbocycles. The maximum absolute atomic E-state index is 13.3. The van der Waals surface area contributed by atoms with Gasteiger partial charge in [-0.25, -0.2) is 8.42 Å². The maximum Gasteiger partial charge on any atom is 0.242 e. The molecule has 36 heavy (non-hydrogen) atoms. The minimum absolute atomic E-state index is 0.112. The number of methoxy groups -OCH3 is 1. The van der Waals surface area contributed by atoms with Crippen molar-refractivity contribution >= 4 is 27.5 Å². The monoisotopic (exact) mass is 517 g/mol. The van der Waals surface area contributed by atoms with E-state index < -0.39 is 16.1 Å². The number of nitrogens with zero attached hydrogens (tertiary/aromatic N) is 2. The van der Waals surface area contributed by atoms with Crippen LogP contribution < -0.4 is 14.4 Å². The summed E-state index contributed by atoms with van der Waals surface area (Å²) in [6, 6.07) is 13.9. The summed E-state index contributed by atoms with van der Waals surface area (Å²) < 4.78 is 31.3. The highest BCUT2D eigenvalue weighted by Crippen LogP contribution is 2.20. The Balaban J connectivity index is 2.14. The number of unbranched alkanes of at least 4 members (excludes halogenated alkanes) is 1. The van der Waals surface area contributed by atoms with Gasteiger partial charge in [0, 0.05) is 26.1 Å². The molecule has 0 heterocycles. The summed E-state index contributed by atoms with van der Waals surface area (Å²) >= 11 is 0. The Morgan fingerprint density at radius 2 is 1.67 bits per heavy atom. The second kappa shape index (κ2) is 13.9. The van der Waals surface area contributed by atoms with Gasteiger partial charge in [-0.15, -0.1) is 0 Å². The molecule has 0 spiro atoms. The van der Waals surface area contributed by atoms with E-state index in [0.717, 1.165) is 30.2 Å². The van der Waals surface area contributed by atoms with E-state index in [9.17, 15) is 18.0 Å². The summed E-state index contributed by atoms with van der Waals surface area (Å²) in [6.07, 6.45) is 3.42. The van der Waals surface area contributed by atoms with Crippen molar-refractivity contribution in [1.82, 2.24) is 10.2 Å². The molecule has 1 unspecified atom stereocenters. The predicted octanol–water partition coefficient (Wildman–Crippen LogP) is 3.88.